The molecule has 0 radical (unpaired) electrons. The van der Waals surface area contributed by atoms with Gasteiger partial charge in [0.05, 0.1) is 24.9 Å². The third kappa shape index (κ3) is 4.56. The minimum absolute atomic E-state index is 0.0459. The standard InChI is InChI=1S/C20H21ClN4O3/c1-13(11-26)23-20-22-7-5-17(24-20)14-6-8-25(19(28)10-14)18(12-27)15-3-2-4-16(21)9-15/h2-10,13,18,26-27H,11-12H2,1H3,(H,22,23,24). The maximum absolute atomic E-state index is 12.7. The van der Waals surface area contributed by atoms with Crippen LogP contribution in [0.4, 0.5) is 5.95 Å². The predicted molar refractivity (Wildman–Crippen MR) is 109 cm³/mol. The highest BCUT2D eigenvalue weighted by atomic mass is 35.5. The van der Waals surface area contributed by atoms with Crippen molar-refractivity contribution < 1.29 is 10.2 Å². The van der Waals surface area contributed by atoms with Gasteiger partial charge in [0.15, 0.2) is 0 Å². The lowest BCUT2D eigenvalue weighted by Gasteiger charge is -2.18. The van der Waals surface area contributed by atoms with Crippen LogP contribution in [0.15, 0.2) is 59.7 Å². The number of aliphatic hydroxyl groups is 2. The molecule has 2 atom stereocenters. The topological polar surface area (TPSA) is 100 Å². The molecular weight excluding hydrogens is 380 g/mol. The zero-order valence-electron chi connectivity index (χ0n) is 15.3. The highest BCUT2D eigenvalue weighted by Crippen LogP contribution is 2.22. The van der Waals surface area contributed by atoms with Crippen molar-refractivity contribution in [3.63, 3.8) is 0 Å². The van der Waals surface area contributed by atoms with Crippen LogP contribution >= 0.6 is 11.6 Å². The fraction of sp³-hybridized carbons (Fsp3) is 0.250. The monoisotopic (exact) mass is 400 g/mol. The summed E-state index contributed by atoms with van der Waals surface area (Å²) < 4.78 is 1.46. The summed E-state index contributed by atoms with van der Waals surface area (Å²) in [5.74, 6) is 0.371. The first kappa shape index (κ1) is 20.0. The van der Waals surface area contributed by atoms with Gasteiger partial charge in [0.25, 0.3) is 5.56 Å². The van der Waals surface area contributed by atoms with Gasteiger partial charge in [-0.05, 0) is 36.8 Å². The second-order valence-electron chi connectivity index (χ2n) is 6.41. The van der Waals surface area contributed by atoms with Crippen molar-refractivity contribution >= 4 is 17.5 Å². The van der Waals surface area contributed by atoms with E-state index in [1.807, 2.05) is 13.0 Å². The van der Waals surface area contributed by atoms with Gasteiger partial charge < -0.3 is 20.1 Å². The van der Waals surface area contributed by atoms with E-state index in [1.165, 1.54) is 10.6 Å². The summed E-state index contributed by atoms with van der Waals surface area (Å²) >= 11 is 6.03. The minimum atomic E-state index is -0.534. The van der Waals surface area contributed by atoms with E-state index >= 15 is 0 Å². The first-order chi connectivity index (χ1) is 13.5. The molecule has 1 aromatic carbocycles. The molecule has 2 heterocycles. The van der Waals surface area contributed by atoms with E-state index in [0.29, 0.717) is 22.2 Å². The Bertz CT molecular complexity index is 1010. The van der Waals surface area contributed by atoms with Gasteiger partial charge in [-0.25, -0.2) is 9.97 Å². The molecule has 3 rings (SSSR count). The minimum Gasteiger partial charge on any atom is -0.394 e. The maximum atomic E-state index is 12.7. The molecule has 0 fully saturated rings. The highest BCUT2D eigenvalue weighted by Gasteiger charge is 2.15. The van der Waals surface area contributed by atoms with Gasteiger partial charge in [-0.15, -0.1) is 0 Å². The van der Waals surface area contributed by atoms with Gasteiger partial charge >= 0.3 is 0 Å². The molecule has 146 valence electrons. The van der Waals surface area contributed by atoms with Crippen LogP contribution in [0.2, 0.25) is 5.02 Å². The Morgan fingerprint density at radius 1 is 1.18 bits per heavy atom. The van der Waals surface area contributed by atoms with Crippen LogP contribution in [0, 0.1) is 0 Å². The predicted octanol–water partition coefficient (Wildman–Crippen LogP) is 2.33. The van der Waals surface area contributed by atoms with E-state index in [1.54, 1.807) is 42.7 Å². The number of hydrogen-bond acceptors (Lipinski definition) is 6. The quantitative estimate of drug-likeness (QED) is 0.562. The summed E-state index contributed by atoms with van der Waals surface area (Å²) in [5.41, 5.74) is 1.69. The van der Waals surface area contributed by atoms with Crippen molar-refractivity contribution in [1.29, 1.82) is 0 Å². The van der Waals surface area contributed by atoms with Crippen LogP contribution in [0.3, 0.4) is 0 Å². The van der Waals surface area contributed by atoms with E-state index in [0.717, 1.165) is 5.56 Å². The van der Waals surface area contributed by atoms with Gasteiger partial charge in [0, 0.05) is 35.1 Å². The van der Waals surface area contributed by atoms with Crippen LogP contribution < -0.4 is 10.9 Å². The number of rotatable bonds is 7. The number of nitrogens with one attached hydrogen (secondary N) is 1. The summed E-state index contributed by atoms with van der Waals surface area (Å²) in [6.45, 7) is 1.53. The first-order valence-corrected chi connectivity index (χ1v) is 9.19. The fourth-order valence-corrected chi connectivity index (χ4v) is 3.03. The average molecular weight is 401 g/mol. The van der Waals surface area contributed by atoms with Gasteiger partial charge in [-0.3, -0.25) is 4.79 Å². The van der Waals surface area contributed by atoms with Gasteiger partial charge in [-0.2, -0.15) is 0 Å². The molecule has 0 saturated heterocycles. The lowest BCUT2D eigenvalue weighted by atomic mass is 10.1. The Hall–Kier alpha value is -2.74. The molecule has 0 saturated carbocycles. The summed E-state index contributed by atoms with van der Waals surface area (Å²) in [5, 5.41) is 22.5. The normalized spacial score (nSPS) is 13.1. The number of pyridine rings is 1. The number of aromatic nitrogens is 3. The molecule has 0 amide bonds. The van der Waals surface area contributed by atoms with E-state index in [2.05, 4.69) is 15.3 Å². The van der Waals surface area contributed by atoms with E-state index < -0.39 is 6.04 Å². The van der Waals surface area contributed by atoms with Crippen molar-refractivity contribution in [2.45, 2.75) is 19.0 Å². The molecule has 2 unspecified atom stereocenters. The molecule has 3 aromatic rings. The largest absolute Gasteiger partial charge is 0.394 e. The molecule has 3 N–H and O–H groups in total. The van der Waals surface area contributed by atoms with Gasteiger partial charge in [0.2, 0.25) is 5.95 Å². The number of nitrogens with zero attached hydrogens (tertiary/aromatic N) is 3. The van der Waals surface area contributed by atoms with E-state index in [4.69, 9.17) is 16.7 Å². The SMILES string of the molecule is CC(CO)Nc1nccc(-c2ccn(C(CO)c3cccc(Cl)c3)c(=O)c2)n1. The molecule has 0 spiro atoms. The summed E-state index contributed by atoms with van der Waals surface area (Å²) in [6.07, 6.45) is 3.22. The molecule has 0 aliphatic heterocycles. The molecule has 7 nitrogen and oxygen atoms in total. The highest BCUT2D eigenvalue weighted by molar-refractivity contribution is 6.30. The number of halogens is 1. The fourth-order valence-electron chi connectivity index (χ4n) is 2.83. The summed E-state index contributed by atoms with van der Waals surface area (Å²) in [7, 11) is 0. The molecule has 0 aliphatic carbocycles. The van der Waals surface area contributed by atoms with Gasteiger partial charge in [0.1, 0.15) is 0 Å². The second-order valence-corrected chi connectivity index (χ2v) is 6.84. The van der Waals surface area contributed by atoms with Crippen molar-refractivity contribution in [3.05, 3.63) is 75.8 Å². The summed E-state index contributed by atoms with van der Waals surface area (Å²) in [4.78, 5) is 21.2. The Morgan fingerprint density at radius 3 is 2.68 bits per heavy atom. The number of benzene rings is 1. The Labute approximate surface area is 167 Å². The zero-order chi connectivity index (χ0) is 20.1. The van der Waals surface area contributed by atoms with Crippen LogP contribution in [-0.4, -0.2) is 44.0 Å². The number of hydrogen-bond donors (Lipinski definition) is 3. The number of aliphatic hydroxyl groups excluding tert-OH is 2. The molecular formula is C20H21ClN4O3. The molecule has 0 aliphatic rings. The van der Waals surface area contributed by atoms with Crippen molar-refractivity contribution in [2.75, 3.05) is 18.5 Å². The van der Waals surface area contributed by atoms with Crippen molar-refractivity contribution in [3.8, 4) is 11.3 Å². The van der Waals surface area contributed by atoms with E-state index in [9.17, 15) is 9.90 Å². The van der Waals surface area contributed by atoms with Crippen LogP contribution in [0.5, 0.6) is 0 Å². The zero-order valence-corrected chi connectivity index (χ0v) is 16.0. The Balaban J connectivity index is 1.92. The smallest absolute Gasteiger partial charge is 0.251 e. The van der Waals surface area contributed by atoms with Crippen molar-refractivity contribution in [2.24, 2.45) is 0 Å². The van der Waals surface area contributed by atoms with Gasteiger partial charge in [-0.1, -0.05) is 23.7 Å². The molecule has 28 heavy (non-hydrogen) atoms. The van der Waals surface area contributed by atoms with Crippen LogP contribution in [-0.2, 0) is 0 Å². The molecule has 8 heteroatoms. The van der Waals surface area contributed by atoms with Crippen LogP contribution in [0.25, 0.3) is 11.3 Å². The molecule has 2 aromatic heterocycles. The third-order valence-corrected chi connectivity index (χ3v) is 4.53. The number of anilines is 1. The van der Waals surface area contributed by atoms with Crippen molar-refractivity contribution in [1.82, 2.24) is 14.5 Å². The maximum Gasteiger partial charge on any atom is 0.251 e. The summed E-state index contributed by atoms with van der Waals surface area (Å²) in [6, 6.07) is 11.3. The lowest BCUT2D eigenvalue weighted by Crippen LogP contribution is -2.26. The Kier molecular flexibility index (Phi) is 6.41. The van der Waals surface area contributed by atoms with E-state index in [-0.39, 0.29) is 24.8 Å². The van der Waals surface area contributed by atoms with Crippen LogP contribution in [0.1, 0.15) is 18.5 Å². The Morgan fingerprint density at radius 2 is 2.00 bits per heavy atom. The lowest BCUT2D eigenvalue weighted by molar-refractivity contribution is 0.247. The molecule has 0 bridgehead atoms. The third-order valence-electron chi connectivity index (χ3n) is 4.29. The second kappa shape index (κ2) is 8.97. The average Bonchev–Trinajstić information content (AvgIpc) is 2.70. The first-order valence-electron chi connectivity index (χ1n) is 8.81.